The van der Waals surface area contributed by atoms with E-state index in [9.17, 15) is 4.79 Å². The molecular weight excluding hydrogens is 330 g/mol. The van der Waals surface area contributed by atoms with E-state index < -0.39 is 12.0 Å². The van der Waals surface area contributed by atoms with Crippen molar-refractivity contribution in [1.29, 1.82) is 0 Å². The molecule has 1 atom stereocenters. The Bertz CT molecular complexity index is 463. The van der Waals surface area contributed by atoms with Gasteiger partial charge >= 0.3 is 5.97 Å². The molecule has 3 nitrogen and oxygen atoms in total. The van der Waals surface area contributed by atoms with Crippen molar-refractivity contribution in [3.8, 4) is 0 Å². The number of rotatable bonds is 6. The first-order valence-corrected chi connectivity index (χ1v) is 7.39. The third-order valence-electron chi connectivity index (χ3n) is 2.87. The smallest absolute Gasteiger partial charge is 0.320 e. The van der Waals surface area contributed by atoms with E-state index in [2.05, 4.69) is 21.2 Å². The van der Waals surface area contributed by atoms with Gasteiger partial charge in [0.25, 0.3) is 0 Å². The van der Waals surface area contributed by atoms with Crippen LogP contribution in [0.2, 0.25) is 5.02 Å². The standard InChI is InChI=1S/C14H19BrClNO2/c1-8(2)4-13(14(18)19)17-7-10-6-12(16)9(3)5-11(10)15/h5-6,8,13,17H,4,7H2,1-3H3,(H,18,19)/t13-/m1/s1. The Kier molecular flexibility index (Phi) is 6.30. The molecule has 1 aromatic rings. The lowest BCUT2D eigenvalue weighted by atomic mass is 10.0. The molecule has 0 fully saturated rings. The fourth-order valence-electron chi connectivity index (χ4n) is 1.80. The quantitative estimate of drug-likeness (QED) is 0.817. The van der Waals surface area contributed by atoms with Gasteiger partial charge in [-0.2, -0.15) is 0 Å². The van der Waals surface area contributed by atoms with Gasteiger partial charge in [0.2, 0.25) is 0 Å². The minimum absolute atomic E-state index is 0.332. The van der Waals surface area contributed by atoms with Crippen LogP contribution in [0.25, 0.3) is 0 Å². The van der Waals surface area contributed by atoms with Crippen LogP contribution in [0.1, 0.15) is 31.4 Å². The van der Waals surface area contributed by atoms with Crippen LogP contribution >= 0.6 is 27.5 Å². The van der Waals surface area contributed by atoms with Crippen LogP contribution in [0.15, 0.2) is 16.6 Å². The van der Waals surface area contributed by atoms with Crippen molar-refractivity contribution in [2.24, 2.45) is 5.92 Å². The molecule has 19 heavy (non-hydrogen) atoms. The number of carbonyl (C=O) groups is 1. The summed E-state index contributed by atoms with van der Waals surface area (Å²) in [7, 11) is 0. The summed E-state index contributed by atoms with van der Waals surface area (Å²) in [5, 5.41) is 12.9. The average Bonchev–Trinajstić information content (AvgIpc) is 2.29. The summed E-state index contributed by atoms with van der Waals surface area (Å²) < 4.78 is 0.940. The molecule has 1 rings (SSSR count). The Hall–Kier alpha value is -0.580. The van der Waals surface area contributed by atoms with Crippen molar-refractivity contribution in [2.45, 2.75) is 39.8 Å². The zero-order valence-corrected chi connectivity index (χ0v) is 13.7. The van der Waals surface area contributed by atoms with Crippen LogP contribution in [0.4, 0.5) is 0 Å². The third-order valence-corrected chi connectivity index (χ3v) is 4.02. The lowest BCUT2D eigenvalue weighted by Gasteiger charge is -2.17. The fraction of sp³-hybridized carbons (Fsp3) is 0.500. The Morgan fingerprint density at radius 3 is 2.63 bits per heavy atom. The van der Waals surface area contributed by atoms with Gasteiger partial charge in [0.05, 0.1) is 0 Å². The number of aryl methyl sites for hydroxylation is 1. The van der Waals surface area contributed by atoms with Crippen molar-refractivity contribution in [3.05, 3.63) is 32.8 Å². The second-order valence-electron chi connectivity index (χ2n) is 5.09. The summed E-state index contributed by atoms with van der Waals surface area (Å²) in [4.78, 5) is 11.2. The highest BCUT2D eigenvalue weighted by molar-refractivity contribution is 9.10. The maximum atomic E-state index is 11.2. The summed E-state index contributed by atoms with van der Waals surface area (Å²) in [6.45, 7) is 6.43. The third kappa shape index (κ3) is 5.13. The van der Waals surface area contributed by atoms with Crippen molar-refractivity contribution in [2.75, 3.05) is 0 Å². The molecule has 2 N–H and O–H groups in total. The van der Waals surface area contributed by atoms with Gasteiger partial charge in [-0.3, -0.25) is 4.79 Å². The average molecular weight is 349 g/mol. The Morgan fingerprint density at radius 1 is 1.47 bits per heavy atom. The molecule has 0 aliphatic heterocycles. The molecule has 0 saturated heterocycles. The summed E-state index contributed by atoms with van der Waals surface area (Å²) in [6.07, 6.45) is 0.604. The molecule has 1 aromatic carbocycles. The van der Waals surface area contributed by atoms with Gasteiger partial charge in [0.1, 0.15) is 6.04 Å². The van der Waals surface area contributed by atoms with Crippen molar-refractivity contribution >= 4 is 33.5 Å². The number of aliphatic carboxylic acids is 1. The van der Waals surface area contributed by atoms with E-state index in [0.29, 0.717) is 23.9 Å². The van der Waals surface area contributed by atoms with Crippen LogP contribution in [0, 0.1) is 12.8 Å². The molecule has 0 spiro atoms. The van der Waals surface area contributed by atoms with E-state index in [-0.39, 0.29) is 0 Å². The molecule has 0 amide bonds. The Morgan fingerprint density at radius 2 is 2.11 bits per heavy atom. The zero-order chi connectivity index (χ0) is 14.6. The summed E-state index contributed by atoms with van der Waals surface area (Å²) >= 11 is 9.56. The summed E-state index contributed by atoms with van der Waals surface area (Å²) in [5.41, 5.74) is 1.96. The van der Waals surface area contributed by atoms with Crippen LogP contribution < -0.4 is 5.32 Å². The minimum Gasteiger partial charge on any atom is -0.480 e. The second kappa shape index (κ2) is 7.27. The monoisotopic (exact) mass is 347 g/mol. The first-order chi connectivity index (χ1) is 8.81. The van der Waals surface area contributed by atoms with Gasteiger partial charge < -0.3 is 10.4 Å². The maximum Gasteiger partial charge on any atom is 0.320 e. The van der Waals surface area contributed by atoms with Gasteiger partial charge in [-0.15, -0.1) is 0 Å². The molecular formula is C14H19BrClNO2. The van der Waals surface area contributed by atoms with Crippen LogP contribution in [-0.2, 0) is 11.3 Å². The van der Waals surface area contributed by atoms with E-state index >= 15 is 0 Å². The summed E-state index contributed by atoms with van der Waals surface area (Å²) in [6, 6.07) is 3.27. The second-order valence-corrected chi connectivity index (χ2v) is 6.36. The summed E-state index contributed by atoms with van der Waals surface area (Å²) in [5.74, 6) is -0.485. The molecule has 5 heteroatoms. The van der Waals surface area contributed by atoms with Gasteiger partial charge in [-0.25, -0.2) is 0 Å². The lowest BCUT2D eigenvalue weighted by Crippen LogP contribution is -2.37. The Balaban J connectivity index is 2.74. The molecule has 0 radical (unpaired) electrons. The number of benzene rings is 1. The number of halogens is 2. The molecule has 0 aliphatic rings. The zero-order valence-electron chi connectivity index (χ0n) is 11.3. The molecule has 0 aliphatic carbocycles. The highest BCUT2D eigenvalue weighted by Crippen LogP contribution is 2.25. The predicted molar refractivity (Wildman–Crippen MR) is 81.6 cm³/mol. The topological polar surface area (TPSA) is 49.3 Å². The van der Waals surface area contributed by atoms with Crippen LogP contribution in [0.5, 0.6) is 0 Å². The van der Waals surface area contributed by atoms with Crippen LogP contribution in [0.3, 0.4) is 0 Å². The number of hydrogen-bond acceptors (Lipinski definition) is 2. The van der Waals surface area contributed by atoms with E-state index in [4.69, 9.17) is 16.7 Å². The highest BCUT2D eigenvalue weighted by Gasteiger charge is 2.18. The largest absolute Gasteiger partial charge is 0.480 e. The molecule has 0 heterocycles. The number of carboxylic acids is 1. The van der Waals surface area contributed by atoms with E-state index in [1.165, 1.54) is 0 Å². The number of carboxylic acid groups (broad SMARTS) is 1. The molecule has 0 unspecified atom stereocenters. The van der Waals surface area contributed by atoms with Gasteiger partial charge in [0.15, 0.2) is 0 Å². The fourth-order valence-corrected chi connectivity index (χ4v) is 2.58. The van der Waals surface area contributed by atoms with Crippen molar-refractivity contribution in [3.63, 3.8) is 0 Å². The predicted octanol–water partition coefficient (Wildman–Crippen LogP) is 4.00. The Labute approximate surface area is 127 Å². The van der Waals surface area contributed by atoms with Gasteiger partial charge in [0, 0.05) is 16.0 Å². The molecule has 106 valence electrons. The SMILES string of the molecule is Cc1cc(Br)c(CN[C@H](CC(C)C)C(=O)O)cc1Cl. The van der Waals surface area contributed by atoms with Gasteiger partial charge in [-0.05, 0) is 42.5 Å². The molecule has 0 aromatic heterocycles. The van der Waals surface area contributed by atoms with E-state index in [1.54, 1.807) is 0 Å². The van der Waals surface area contributed by atoms with Crippen LogP contribution in [-0.4, -0.2) is 17.1 Å². The maximum absolute atomic E-state index is 11.2. The first-order valence-electron chi connectivity index (χ1n) is 6.22. The van der Waals surface area contributed by atoms with Crippen molar-refractivity contribution < 1.29 is 9.90 Å². The minimum atomic E-state index is -0.817. The van der Waals surface area contributed by atoms with Crippen molar-refractivity contribution in [1.82, 2.24) is 5.32 Å². The van der Waals surface area contributed by atoms with Gasteiger partial charge in [-0.1, -0.05) is 41.4 Å². The van der Waals surface area contributed by atoms with E-state index in [1.807, 2.05) is 32.9 Å². The molecule has 0 bridgehead atoms. The normalized spacial score (nSPS) is 12.7. The molecule has 0 saturated carbocycles. The number of nitrogens with one attached hydrogen (secondary N) is 1. The highest BCUT2D eigenvalue weighted by atomic mass is 79.9. The number of hydrogen-bond donors (Lipinski definition) is 2. The first kappa shape index (κ1) is 16.5. The van der Waals surface area contributed by atoms with E-state index in [0.717, 1.165) is 15.6 Å². The lowest BCUT2D eigenvalue weighted by molar-refractivity contribution is -0.140.